The van der Waals surface area contributed by atoms with Gasteiger partial charge >= 0.3 is 24.0 Å². The highest BCUT2D eigenvalue weighted by Crippen LogP contribution is 2.47. The van der Waals surface area contributed by atoms with Crippen LogP contribution in [0.3, 0.4) is 0 Å². The van der Waals surface area contributed by atoms with E-state index in [0.717, 1.165) is 45.4 Å². The molecule has 24 heteroatoms. The Hall–Kier alpha value is -7.80. The predicted octanol–water partition coefficient (Wildman–Crippen LogP) is 15.3. The van der Waals surface area contributed by atoms with E-state index in [2.05, 4.69) is 91.6 Å². The molecule has 17 nitrogen and oxygen atoms in total. The number of carbonyl (C=O) groups excluding carboxylic acids is 3. The van der Waals surface area contributed by atoms with Crippen LogP contribution in [0.15, 0.2) is 121 Å². The zero-order valence-electron chi connectivity index (χ0n) is 53.6. The van der Waals surface area contributed by atoms with Crippen LogP contribution in [0.5, 0.6) is 0 Å². The average Bonchev–Trinajstić information content (AvgIpc) is 0.748. The number of aliphatic carboxylic acids is 1. The summed E-state index contributed by atoms with van der Waals surface area (Å²) in [5.74, 6) is -12.9. The first-order valence-electron chi connectivity index (χ1n) is 30.2. The van der Waals surface area contributed by atoms with E-state index in [1.807, 2.05) is 36.4 Å². The molecule has 2 aliphatic rings. The van der Waals surface area contributed by atoms with E-state index in [0.29, 0.717) is 22.7 Å². The molecule has 0 saturated carbocycles. The van der Waals surface area contributed by atoms with Crippen molar-refractivity contribution in [1.29, 1.82) is 0 Å². The number of anilines is 2. The summed E-state index contributed by atoms with van der Waals surface area (Å²) in [5.41, 5.74) is 6.67. The number of carboxylic acids is 1. The quantitative estimate of drug-likeness (QED) is 0.00825. The maximum Gasteiger partial charge on any atom is 0.407 e. The van der Waals surface area contributed by atoms with Crippen molar-refractivity contribution in [2.45, 2.75) is 160 Å². The fourth-order valence-electron chi connectivity index (χ4n) is 10.3. The molecule has 1 unspecified atom stereocenters. The number of benzene rings is 6. The number of halogens is 4. The number of fused-ring (bicyclic) bond motifs is 2. The van der Waals surface area contributed by atoms with Crippen molar-refractivity contribution in [3.05, 3.63) is 148 Å². The van der Waals surface area contributed by atoms with Gasteiger partial charge in [-0.05, 0) is 110 Å². The number of carboxylic acid groups (broad SMARTS) is 1. The molecular formula is C68H78F4N4O13S3. The van der Waals surface area contributed by atoms with Gasteiger partial charge in [-0.1, -0.05) is 117 Å². The Morgan fingerprint density at radius 1 is 0.696 bits per heavy atom. The van der Waals surface area contributed by atoms with Crippen molar-refractivity contribution in [3.63, 3.8) is 0 Å². The molecule has 0 spiro atoms. The van der Waals surface area contributed by atoms with Gasteiger partial charge in [0.25, 0.3) is 20.0 Å². The molecule has 7 rings (SSSR count). The Bertz CT molecular complexity index is 4110. The molecule has 1 heterocycles. The van der Waals surface area contributed by atoms with Crippen LogP contribution in [-0.2, 0) is 48.6 Å². The number of carbonyl (C=O) groups is 4. The number of esters is 2. The van der Waals surface area contributed by atoms with Crippen molar-refractivity contribution < 1.29 is 77.3 Å². The molecule has 1 atom stereocenters. The second-order valence-corrected chi connectivity index (χ2v) is 28.9. The van der Waals surface area contributed by atoms with Gasteiger partial charge in [0.05, 0.1) is 45.6 Å². The van der Waals surface area contributed by atoms with E-state index >= 15 is 17.6 Å². The van der Waals surface area contributed by atoms with E-state index in [1.165, 1.54) is 22.3 Å². The van der Waals surface area contributed by atoms with Crippen LogP contribution in [0.1, 0.15) is 155 Å². The molecular weight excluding hydrogens is 1250 g/mol. The van der Waals surface area contributed by atoms with Gasteiger partial charge in [0.1, 0.15) is 30.7 Å². The van der Waals surface area contributed by atoms with E-state index in [9.17, 15) is 36.0 Å². The fourth-order valence-corrected chi connectivity index (χ4v) is 14.5. The van der Waals surface area contributed by atoms with Crippen molar-refractivity contribution in [1.82, 2.24) is 9.44 Å². The van der Waals surface area contributed by atoms with E-state index < -0.39 is 119 Å². The number of thioether (sulfide) groups is 1. The lowest BCUT2D eigenvalue weighted by molar-refractivity contribution is -0.154. The SMILES string of the molecule is CCC(C)(C)C(=O)OCCNC(=O)OCC(CSc1c(F)c(F)c(S(=O)(=O)NS(=O)(=O)c2ccccc2-c2c3cc/c(=N\c4c(C(C)C)cccc4C(C)C)cc-3oc3cc(N(c4c(C(C)C)cccc4C(C)C)C(C)C)ccc23)c(F)c1F)OC(=O)CCC(=O)O. The third-order valence-electron chi connectivity index (χ3n) is 15.5. The van der Waals surface area contributed by atoms with Crippen LogP contribution < -0.4 is 19.7 Å². The zero-order valence-corrected chi connectivity index (χ0v) is 56.1. The first-order chi connectivity index (χ1) is 43.2. The Balaban J connectivity index is 1.30. The van der Waals surface area contributed by atoms with E-state index in [4.69, 9.17) is 28.7 Å². The minimum Gasteiger partial charge on any atom is -0.481 e. The molecule has 1 aliphatic heterocycles. The van der Waals surface area contributed by atoms with Gasteiger partial charge < -0.3 is 34.0 Å². The summed E-state index contributed by atoms with van der Waals surface area (Å²) in [6, 6.07) is 28.0. The van der Waals surface area contributed by atoms with Gasteiger partial charge in [-0.3, -0.25) is 14.4 Å². The number of nitrogens with one attached hydrogen (secondary N) is 2. The molecule has 1 aliphatic carbocycles. The first-order valence-corrected chi connectivity index (χ1v) is 34.1. The molecule has 5 aromatic carbocycles. The maximum atomic E-state index is 16.3. The number of hydrogen-bond acceptors (Lipinski definition) is 15. The minimum absolute atomic E-state index is 0.0448. The minimum atomic E-state index is -6.12. The standard InChI is InChI=1S/C68H78F4N4O13S3/c1-14-68(12,13)66(80)86-32-31-73-67(81)87-35-44(88-56(79)30-29-55(77)78)36-90-64-58(69)60(71)65(61(72)59(64)70)92(84,85)75-91(82,83)54-24-16-15-19-51(54)57-49-27-25-42(74-62-45(37(2)3)20-17-21-46(62)38(4)5)33-52(49)89-53-34-43(26-28-50(53)57)76(41(10)11)63-47(39(6)7)22-18-23-48(63)40(8)9/h15-28,33-34,37-41,44,75H,14,29-32,35-36H2,1-13H3,(H,73,81)(H,77,78)/b74-42+. The number of rotatable bonds is 27. The van der Waals surface area contributed by atoms with Gasteiger partial charge in [-0.15, -0.1) is 15.9 Å². The van der Waals surface area contributed by atoms with Crippen molar-refractivity contribution in [2.24, 2.45) is 10.4 Å². The normalized spacial score (nSPS) is 12.8. The molecule has 0 bridgehead atoms. The Morgan fingerprint density at radius 2 is 1.28 bits per heavy atom. The largest absolute Gasteiger partial charge is 0.481 e. The summed E-state index contributed by atoms with van der Waals surface area (Å²) in [7, 11) is -11.7. The topological polar surface area (TPSA) is 237 Å². The Morgan fingerprint density at radius 3 is 1.85 bits per heavy atom. The number of nitrogens with zero attached hydrogens (tertiary/aromatic N) is 2. The second kappa shape index (κ2) is 29.9. The third-order valence-corrected chi connectivity index (χ3v) is 20.2. The van der Waals surface area contributed by atoms with E-state index in [1.54, 1.807) is 45.0 Å². The maximum absolute atomic E-state index is 16.3. The molecule has 92 heavy (non-hydrogen) atoms. The average molecular weight is 1330 g/mol. The van der Waals surface area contributed by atoms with Crippen molar-refractivity contribution >= 4 is 83.8 Å². The number of sulfonamides is 2. The summed E-state index contributed by atoms with van der Waals surface area (Å²) in [6.07, 6.45) is -3.79. The molecule has 0 radical (unpaired) electrons. The summed E-state index contributed by atoms with van der Waals surface area (Å²) in [4.78, 5) is 51.5. The summed E-state index contributed by atoms with van der Waals surface area (Å²) in [6.45, 7) is 24.6. The first kappa shape index (κ1) is 71.6. The lowest BCUT2D eigenvalue weighted by Gasteiger charge is -2.35. The van der Waals surface area contributed by atoms with Crippen LogP contribution in [0.4, 0.5) is 39.4 Å². The van der Waals surface area contributed by atoms with Crippen LogP contribution in [0.25, 0.3) is 33.4 Å². The van der Waals surface area contributed by atoms with Crippen LogP contribution >= 0.6 is 11.8 Å². The van der Waals surface area contributed by atoms with Gasteiger partial charge in [0.2, 0.25) is 0 Å². The lowest BCUT2D eigenvalue weighted by atomic mass is 9.90. The summed E-state index contributed by atoms with van der Waals surface area (Å²) in [5, 5.41) is 12.2. The number of para-hydroxylation sites is 2. The van der Waals surface area contributed by atoms with Crippen molar-refractivity contribution in [3.8, 4) is 22.5 Å². The van der Waals surface area contributed by atoms with Gasteiger partial charge in [0.15, 0.2) is 28.2 Å². The number of amides is 1. The smallest absolute Gasteiger partial charge is 0.407 e. The number of hydrogen-bond donors (Lipinski definition) is 3. The van der Waals surface area contributed by atoms with Crippen LogP contribution in [0.2, 0.25) is 0 Å². The monoisotopic (exact) mass is 1330 g/mol. The van der Waals surface area contributed by atoms with Crippen molar-refractivity contribution in [2.75, 3.05) is 30.4 Å². The Labute approximate surface area is 538 Å². The zero-order chi connectivity index (χ0) is 67.9. The second-order valence-electron chi connectivity index (χ2n) is 24.3. The predicted molar refractivity (Wildman–Crippen MR) is 346 cm³/mol. The van der Waals surface area contributed by atoms with Crippen LogP contribution in [-0.4, -0.2) is 83.6 Å². The fraction of sp³-hybridized carbons (Fsp3) is 0.397. The third kappa shape index (κ3) is 16.3. The molecule has 5 aromatic rings. The lowest BCUT2D eigenvalue weighted by Crippen LogP contribution is -2.34. The molecule has 0 aromatic heterocycles. The van der Waals surface area contributed by atoms with Gasteiger partial charge in [-0.2, -0.15) is 0 Å². The number of alkyl carbamates (subject to hydrolysis) is 1. The molecule has 0 saturated heterocycles. The highest BCUT2D eigenvalue weighted by atomic mass is 32.3. The van der Waals surface area contributed by atoms with Crippen LogP contribution in [0, 0.1) is 28.7 Å². The Kier molecular flexibility index (Phi) is 23.3. The van der Waals surface area contributed by atoms with E-state index in [-0.39, 0.29) is 77.1 Å². The summed E-state index contributed by atoms with van der Waals surface area (Å²) < 4.78 is 147. The van der Waals surface area contributed by atoms with Gasteiger partial charge in [-0.25, -0.2) is 44.2 Å². The number of ether oxygens (including phenoxy) is 3. The van der Waals surface area contributed by atoms with Gasteiger partial charge in [0, 0.05) is 57.4 Å². The highest BCUT2D eigenvalue weighted by molar-refractivity contribution is 8.04. The molecule has 1 amide bonds. The highest BCUT2D eigenvalue weighted by Gasteiger charge is 2.38. The summed E-state index contributed by atoms with van der Waals surface area (Å²) >= 11 is -0.0448. The molecule has 0 fully saturated rings. The molecule has 494 valence electrons. The molecule has 3 N–H and O–H groups in total.